The van der Waals surface area contributed by atoms with Crippen molar-refractivity contribution in [1.82, 2.24) is 4.57 Å². The van der Waals surface area contributed by atoms with E-state index in [0.29, 0.717) is 5.56 Å². The lowest BCUT2D eigenvalue weighted by atomic mass is 10.2. The van der Waals surface area contributed by atoms with Gasteiger partial charge in [-0.2, -0.15) is 0 Å². The van der Waals surface area contributed by atoms with Gasteiger partial charge in [0.2, 0.25) is 0 Å². The van der Waals surface area contributed by atoms with Crippen molar-refractivity contribution in [2.75, 3.05) is 5.32 Å². The molecule has 1 heterocycles. The lowest BCUT2D eigenvalue weighted by Crippen LogP contribution is -2.30. The molecule has 0 aliphatic rings. The van der Waals surface area contributed by atoms with Crippen LogP contribution >= 0.6 is 34.8 Å². The molecule has 0 saturated heterocycles. The summed E-state index contributed by atoms with van der Waals surface area (Å²) >= 11 is 17.9. The molecule has 156 valence electrons. The minimum Gasteiger partial charge on any atom is -0.449 e. The average Bonchev–Trinajstić information content (AvgIpc) is 3.00. The Balaban J connectivity index is 1.75. The summed E-state index contributed by atoms with van der Waals surface area (Å²) in [5, 5.41) is 3.34. The molecular weight excluding hydrogens is 447 g/mol. The normalized spacial score (nSPS) is 11.8. The predicted octanol–water partition coefficient (Wildman–Crippen LogP) is 6.24. The zero-order valence-electron chi connectivity index (χ0n) is 16.5. The first-order valence-electron chi connectivity index (χ1n) is 9.09. The summed E-state index contributed by atoms with van der Waals surface area (Å²) < 4.78 is 7.34. The van der Waals surface area contributed by atoms with E-state index in [4.69, 9.17) is 39.5 Å². The van der Waals surface area contributed by atoms with E-state index in [2.05, 4.69) is 5.32 Å². The van der Waals surface area contributed by atoms with Crippen LogP contribution in [0, 0.1) is 13.8 Å². The molecule has 5 nitrogen and oxygen atoms in total. The summed E-state index contributed by atoms with van der Waals surface area (Å²) in [6.07, 6.45) is -1.05. The monoisotopic (exact) mass is 464 g/mol. The molecule has 0 spiro atoms. The summed E-state index contributed by atoms with van der Waals surface area (Å²) in [6, 6.07) is 14.3. The summed E-state index contributed by atoms with van der Waals surface area (Å²) in [4.78, 5) is 25.2. The van der Waals surface area contributed by atoms with Crippen LogP contribution in [0.15, 0.2) is 48.5 Å². The van der Waals surface area contributed by atoms with E-state index in [1.807, 2.05) is 48.7 Å². The minimum atomic E-state index is -1.05. The summed E-state index contributed by atoms with van der Waals surface area (Å²) in [5.41, 5.74) is 3.21. The highest BCUT2D eigenvalue weighted by molar-refractivity contribution is 6.44. The number of benzene rings is 2. The fourth-order valence-corrected chi connectivity index (χ4v) is 3.67. The molecule has 8 heteroatoms. The lowest BCUT2D eigenvalue weighted by Gasteiger charge is -2.15. The molecule has 2 aromatic carbocycles. The number of hydrogen-bond acceptors (Lipinski definition) is 3. The fourth-order valence-electron chi connectivity index (χ4n) is 3.07. The number of rotatable bonds is 5. The first kappa shape index (κ1) is 22.2. The molecule has 0 unspecified atom stereocenters. The van der Waals surface area contributed by atoms with E-state index in [-0.39, 0.29) is 20.8 Å². The molecule has 3 rings (SSSR count). The maximum Gasteiger partial charge on any atom is 0.340 e. The quantitative estimate of drug-likeness (QED) is 0.358. The molecule has 0 bridgehead atoms. The average molecular weight is 466 g/mol. The first-order valence-corrected chi connectivity index (χ1v) is 10.2. The highest BCUT2D eigenvalue weighted by Crippen LogP contribution is 2.32. The second kappa shape index (κ2) is 9.13. The molecule has 0 saturated carbocycles. The maximum atomic E-state index is 12.7. The van der Waals surface area contributed by atoms with Gasteiger partial charge in [0, 0.05) is 17.1 Å². The summed E-state index contributed by atoms with van der Waals surface area (Å²) in [5.74, 6) is -1.13. The molecule has 0 fully saturated rings. The second-order valence-corrected chi connectivity index (χ2v) is 7.96. The number of para-hydroxylation sites is 1. The number of carbonyl (C=O) groups is 2. The van der Waals surface area contributed by atoms with Crippen LogP contribution in [0.25, 0.3) is 5.69 Å². The minimum absolute atomic E-state index is 0.225. The third kappa shape index (κ3) is 4.64. The van der Waals surface area contributed by atoms with Gasteiger partial charge in [0.15, 0.2) is 6.10 Å². The number of ether oxygens (including phenoxy) is 1. The van der Waals surface area contributed by atoms with Gasteiger partial charge in [-0.3, -0.25) is 4.79 Å². The van der Waals surface area contributed by atoms with E-state index >= 15 is 0 Å². The number of amides is 1. The van der Waals surface area contributed by atoms with Gasteiger partial charge in [-0.05, 0) is 51.1 Å². The largest absolute Gasteiger partial charge is 0.449 e. The number of aromatic nitrogens is 1. The van der Waals surface area contributed by atoms with Gasteiger partial charge in [0.1, 0.15) is 0 Å². The number of carbonyl (C=O) groups excluding carboxylic acids is 2. The van der Waals surface area contributed by atoms with E-state index in [1.165, 1.54) is 19.1 Å². The van der Waals surface area contributed by atoms with Crippen LogP contribution in [0.2, 0.25) is 15.1 Å². The number of anilines is 1. The van der Waals surface area contributed by atoms with Gasteiger partial charge in [-0.15, -0.1) is 0 Å². The van der Waals surface area contributed by atoms with Crippen molar-refractivity contribution in [3.8, 4) is 5.69 Å². The summed E-state index contributed by atoms with van der Waals surface area (Å²) in [7, 11) is 0. The molecular formula is C22H19Cl3N2O3. The Morgan fingerprint density at radius 3 is 2.27 bits per heavy atom. The fraction of sp³-hybridized carbons (Fsp3) is 0.182. The Morgan fingerprint density at radius 2 is 1.60 bits per heavy atom. The predicted molar refractivity (Wildman–Crippen MR) is 120 cm³/mol. The van der Waals surface area contributed by atoms with Crippen molar-refractivity contribution < 1.29 is 14.3 Å². The molecule has 0 aliphatic heterocycles. The van der Waals surface area contributed by atoms with Crippen LogP contribution in [0.4, 0.5) is 5.69 Å². The Labute approximate surface area is 189 Å². The summed E-state index contributed by atoms with van der Waals surface area (Å²) in [6.45, 7) is 5.21. The molecule has 1 atom stereocenters. The van der Waals surface area contributed by atoms with Crippen LogP contribution in [0.1, 0.15) is 28.7 Å². The first-order chi connectivity index (χ1) is 14.2. The third-order valence-corrected chi connectivity index (χ3v) is 5.62. The van der Waals surface area contributed by atoms with Crippen LogP contribution in [-0.4, -0.2) is 22.5 Å². The standard InChI is InChI=1S/C22H19Cl3N2O3/c1-12-9-16(13(2)27(12)15-7-5-4-6-8-15)22(29)30-14(3)21(28)26-20-11-18(24)17(23)10-19(20)25/h4-11,14H,1-3H3,(H,26,28)/t14-/m0/s1. The molecule has 0 radical (unpaired) electrons. The van der Waals surface area contributed by atoms with Gasteiger partial charge in [-0.1, -0.05) is 53.0 Å². The lowest BCUT2D eigenvalue weighted by molar-refractivity contribution is -0.123. The number of esters is 1. The molecule has 0 aliphatic carbocycles. The van der Waals surface area contributed by atoms with E-state index in [9.17, 15) is 9.59 Å². The Bertz CT molecular complexity index is 1110. The van der Waals surface area contributed by atoms with Crippen LogP contribution in [0.3, 0.4) is 0 Å². The number of aryl methyl sites for hydroxylation is 1. The van der Waals surface area contributed by atoms with Crippen molar-refractivity contribution >= 4 is 52.4 Å². The molecule has 3 aromatic rings. The van der Waals surface area contributed by atoms with Gasteiger partial charge in [0.05, 0.1) is 26.3 Å². The number of nitrogens with one attached hydrogen (secondary N) is 1. The van der Waals surface area contributed by atoms with Crippen molar-refractivity contribution in [2.45, 2.75) is 26.9 Å². The maximum absolute atomic E-state index is 12.7. The number of hydrogen-bond donors (Lipinski definition) is 1. The SMILES string of the molecule is Cc1cc(C(=O)O[C@@H](C)C(=O)Nc2cc(Cl)c(Cl)cc2Cl)c(C)n1-c1ccccc1. The third-order valence-electron chi connectivity index (χ3n) is 4.59. The highest BCUT2D eigenvalue weighted by atomic mass is 35.5. The van der Waals surface area contributed by atoms with E-state index < -0.39 is 18.0 Å². The van der Waals surface area contributed by atoms with Gasteiger partial charge in [-0.25, -0.2) is 4.79 Å². The van der Waals surface area contributed by atoms with Crippen molar-refractivity contribution in [1.29, 1.82) is 0 Å². The highest BCUT2D eigenvalue weighted by Gasteiger charge is 2.23. The molecule has 1 N–H and O–H groups in total. The number of halogens is 3. The Kier molecular flexibility index (Phi) is 6.76. The van der Waals surface area contributed by atoms with E-state index in [1.54, 1.807) is 6.07 Å². The van der Waals surface area contributed by atoms with Crippen molar-refractivity contribution in [2.24, 2.45) is 0 Å². The van der Waals surface area contributed by atoms with Crippen LogP contribution in [0.5, 0.6) is 0 Å². The van der Waals surface area contributed by atoms with Crippen molar-refractivity contribution in [3.63, 3.8) is 0 Å². The van der Waals surface area contributed by atoms with Gasteiger partial charge >= 0.3 is 5.97 Å². The zero-order valence-corrected chi connectivity index (χ0v) is 18.8. The van der Waals surface area contributed by atoms with Gasteiger partial charge < -0.3 is 14.6 Å². The van der Waals surface area contributed by atoms with Crippen LogP contribution in [-0.2, 0) is 9.53 Å². The van der Waals surface area contributed by atoms with Crippen molar-refractivity contribution in [3.05, 3.63) is 80.6 Å². The molecule has 1 amide bonds. The second-order valence-electron chi connectivity index (χ2n) is 6.74. The topological polar surface area (TPSA) is 60.3 Å². The van der Waals surface area contributed by atoms with Crippen LogP contribution < -0.4 is 5.32 Å². The van der Waals surface area contributed by atoms with E-state index in [0.717, 1.165) is 17.1 Å². The Hall–Kier alpha value is -2.47. The zero-order chi connectivity index (χ0) is 22.0. The molecule has 30 heavy (non-hydrogen) atoms. The van der Waals surface area contributed by atoms with Gasteiger partial charge in [0.25, 0.3) is 5.91 Å². The molecule has 1 aromatic heterocycles. The smallest absolute Gasteiger partial charge is 0.340 e. The Morgan fingerprint density at radius 1 is 0.967 bits per heavy atom. The number of nitrogens with zero attached hydrogens (tertiary/aromatic N) is 1.